The van der Waals surface area contributed by atoms with Crippen molar-refractivity contribution in [2.45, 2.75) is 67.1 Å². The minimum Gasteiger partial charge on any atom is -0.293 e. The highest BCUT2D eigenvalue weighted by atomic mass is 31.2. The molecule has 0 aromatic carbocycles. The fraction of sp³-hybridized carbons (Fsp3) is 1.00. The maximum Gasteiger partial charge on any atom is 0.460 e. The number of nitrogens with zero attached hydrogens (tertiary/aromatic N) is 1. The van der Waals surface area contributed by atoms with Gasteiger partial charge in [0.2, 0.25) is 0 Å². The lowest BCUT2D eigenvalue weighted by Crippen LogP contribution is -2.67. The Balaban J connectivity index is 7.52. The SMILES string of the molecule is CCCCN(C)P(=O)(C(F)(F)C(F)(F)C(F)(F)C(F)(F)F)C(F)(F)C(F)(F)C(F)(F)C(F)(F)F. The zero-order valence-electron chi connectivity index (χ0n) is 16.2. The van der Waals surface area contributed by atoms with Gasteiger partial charge in [-0.1, -0.05) is 13.3 Å². The van der Waals surface area contributed by atoms with E-state index in [0.29, 0.717) is 0 Å². The molecule has 0 radical (unpaired) electrons. The van der Waals surface area contributed by atoms with Crippen LogP contribution in [0, 0.1) is 0 Å². The molecule has 0 atom stereocenters. The molecule has 206 valence electrons. The molecule has 0 aromatic rings. The van der Waals surface area contributed by atoms with Gasteiger partial charge in [-0.3, -0.25) is 4.57 Å². The van der Waals surface area contributed by atoms with Crippen LogP contribution in [0.3, 0.4) is 0 Å². The number of rotatable bonds is 10. The summed E-state index contributed by atoms with van der Waals surface area (Å²) >= 11 is 0. The van der Waals surface area contributed by atoms with Gasteiger partial charge in [0.1, 0.15) is 0 Å². The number of alkyl halides is 18. The molecule has 2 nitrogen and oxygen atoms in total. The molecule has 0 aliphatic heterocycles. The molecule has 21 heteroatoms. The van der Waals surface area contributed by atoms with Gasteiger partial charge >= 0.3 is 47.4 Å². The van der Waals surface area contributed by atoms with Crippen LogP contribution in [-0.4, -0.2) is 65.6 Å². The Labute approximate surface area is 177 Å². The molecule has 34 heavy (non-hydrogen) atoms. The minimum absolute atomic E-state index is 0.411. The topological polar surface area (TPSA) is 20.3 Å². The maximum absolute atomic E-state index is 14.3. The molecule has 0 fully saturated rings. The molecule has 0 saturated carbocycles. The van der Waals surface area contributed by atoms with Crippen LogP contribution in [-0.2, 0) is 4.57 Å². The summed E-state index contributed by atoms with van der Waals surface area (Å²) in [5.74, 6) is -32.9. The molecule has 0 heterocycles. The quantitative estimate of drug-likeness (QED) is 0.197. The minimum atomic E-state index is -9.11. The third-order valence-electron chi connectivity index (χ3n) is 4.33. The summed E-state index contributed by atoms with van der Waals surface area (Å²) in [5.41, 5.74) is -16.3. The van der Waals surface area contributed by atoms with Crippen LogP contribution in [0.1, 0.15) is 19.8 Å². The van der Waals surface area contributed by atoms with Gasteiger partial charge in [0.25, 0.3) is 7.29 Å². The molecular formula is C13H12F18NOP. The fourth-order valence-corrected chi connectivity index (χ4v) is 4.92. The van der Waals surface area contributed by atoms with Gasteiger partial charge in [-0.25, -0.2) is 4.67 Å². The lowest BCUT2D eigenvalue weighted by Gasteiger charge is -2.46. The number of hydrogen-bond acceptors (Lipinski definition) is 1. The summed E-state index contributed by atoms with van der Waals surface area (Å²) in [5, 5.41) is 0. The first-order chi connectivity index (χ1) is 14.5. The Morgan fingerprint density at radius 2 is 0.824 bits per heavy atom. The van der Waals surface area contributed by atoms with Crippen LogP contribution in [0.15, 0.2) is 0 Å². The smallest absolute Gasteiger partial charge is 0.293 e. The zero-order chi connectivity index (χ0) is 28.2. The average Bonchev–Trinajstić information content (AvgIpc) is 2.62. The second kappa shape index (κ2) is 8.80. The van der Waals surface area contributed by atoms with E-state index in [4.69, 9.17) is 0 Å². The van der Waals surface area contributed by atoms with Crippen molar-refractivity contribution in [2.75, 3.05) is 13.6 Å². The lowest BCUT2D eigenvalue weighted by molar-refractivity contribution is -0.391. The molecule has 0 aliphatic carbocycles. The van der Waals surface area contributed by atoms with Crippen molar-refractivity contribution < 1.29 is 83.6 Å². The summed E-state index contributed by atoms with van der Waals surface area (Å²) in [6, 6.07) is 0. The van der Waals surface area contributed by atoms with Crippen molar-refractivity contribution in [2.24, 2.45) is 0 Å². The Morgan fingerprint density at radius 1 is 0.559 bits per heavy atom. The Morgan fingerprint density at radius 3 is 1.03 bits per heavy atom. The molecule has 0 spiro atoms. The predicted octanol–water partition coefficient (Wildman–Crippen LogP) is 7.85. The summed E-state index contributed by atoms with van der Waals surface area (Å²) < 4.78 is 249. The average molecular weight is 571 g/mol. The molecular weight excluding hydrogens is 559 g/mol. The monoisotopic (exact) mass is 571 g/mol. The standard InChI is InChI=1S/C13H12F18NOP/c1-3-4-5-32(2)34(33,12(28,29)8(18,19)6(14,15)10(22,23)24)13(30,31)9(20,21)7(16,17)11(25,26)27/h3-5H2,1-2H3. The van der Waals surface area contributed by atoms with Gasteiger partial charge in [0, 0.05) is 6.54 Å². The molecule has 0 aliphatic rings. The van der Waals surface area contributed by atoms with Crippen LogP contribution in [0.5, 0.6) is 0 Å². The normalized spacial score (nSPS) is 16.4. The van der Waals surface area contributed by atoms with Crippen LogP contribution in [0.25, 0.3) is 0 Å². The van der Waals surface area contributed by atoms with Gasteiger partial charge in [0.15, 0.2) is 0 Å². The van der Waals surface area contributed by atoms with Crippen molar-refractivity contribution in [3.63, 3.8) is 0 Å². The van der Waals surface area contributed by atoms with E-state index in [0.717, 1.165) is 6.92 Å². The van der Waals surface area contributed by atoms with Crippen molar-refractivity contribution in [3.8, 4) is 0 Å². The van der Waals surface area contributed by atoms with E-state index >= 15 is 0 Å². The first kappa shape index (κ1) is 32.9. The van der Waals surface area contributed by atoms with Crippen LogP contribution >= 0.6 is 7.29 Å². The van der Waals surface area contributed by atoms with Gasteiger partial charge in [0.05, 0.1) is 0 Å². The largest absolute Gasteiger partial charge is 0.460 e. The van der Waals surface area contributed by atoms with Crippen LogP contribution in [0.4, 0.5) is 79.0 Å². The summed E-state index contributed by atoms with van der Waals surface area (Å²) in [7, 11) is -9.64. The highest BCUT2D eigenvalue weighted by Gasteiger charge is 2.95. The van der Waals surface area contributed by atoms with E-state index in [9.17, 15) is 83.6 Å². The number of halogens is 18. The summed E-state index contributed by atoms with van der Waals surface area (Å²) in [6.45, 7) is -0.784. The first-order valence-electron chi connectivity index (χ1n) is 8.20. The summed E-state index contributed by atoms with van der Waals surface area (Å²) in [6.07, 6.45) is -16.8. The lowest BCUT2D eigenvalue weighted by atomic mass is 10.1. The van der Waals surface area contributed by atoms with Crippen LogP contribution in [0.2, 0.25) is 0 Å². The molecule has 0 bridgehead atoms. The summed E-state index contributed by atoms with van der Waals surface area (Å²) in [4.78, 5) is 0. The maximum atomic E-state index is 14.3. The molecule has 0 N–H and O–H groups in total. The molecule has 0 saturated heterocycles. The van der Waals surface area contributed by atoms with E-state index < -0.39 is 85.8 Å². The van der Waals surface area contributed by atoms with Crippen molar-refractivity contribution in [3.05, 3.63) is 0 Å². The van der Waals surface area contributed by atoms with Crippen molar-refractivity contribution in [1.82, 2.24) is 4.67 Å². The molecule has 0 unspecified atom stereocenters. The molecule has 0 rings (SSSR count). The van der Waals surface area contributed by atoms with E-state index in [-0.39, 0.29) is 0 Å². The first-order valence-corrected chi connectivity index (χ1v) is 9.86. The molecule has 0 aromatic heterocycles. The van der Waals surface area contributed by atoms with Gasteiger partial charge in [-0.15, -0.1) is 0 Å². The van der Waals surface area contributed by atoms with E-state index in [1.165, 1.54) is 0 Å². The predicted molar refractivity (Wildman–Crippen MR) is 76.9 cm³/mol. The highest BCUT2D eigenvalue weighted by Crippen LogP contribution is 2.81. The second-order valence-electron chi connectivity index (χ2n) is 6.69. The zero-order valence-corrected chi connectivity index (χ0v) is 17.1. The van der Waals surface area contributed by atoms with Gasteiger partial charge in [-0.2, -0.15) is 79.0 Å². The van der Waals surface area contributed by atoms with Crippen molar-refractivity contribution >= 4 is 7.29 Å². The third kappa shape index (κ3) is 4.23. The third-order valence-corrected chi connectivity index (χ3v) is 7.58. The van der Waals surface area contributed by atoms with Gasteiger partial charge < -0.3 is 0 Å². The molecule has 0 amide bonds. The Kier molecular flexibility index (Phi) is 8.52. The number of hydrogen-bond donors (Lipinski definition) is 0. The van der Waals surface area contributed by atoms with Crippen molar-refractivity contribution in [1.29, 1.82) is 0 Å². The highest BCUT2D eigenvalue weighted by molar-refractivity contribution is 7.64. The van der Waals surface area contributed by atoms with Crippen LogP contribution < -0.4 is 0 Å². The van der Waals surface area contributed by atoms with Gasteiger partial charge in [-0.05, 0) is 13.5 Å². The Hall–Kier alpha value is -1.07. The number of unbranched alkanes of at least 4 members (excludes halogenated alkanes) is 1. The second-order valence-corrected chi connectivity index (χ2v) is 9.64. The van der Waals surface area contributed by atoms with E-state index in [2.05, 4.69) is 0 Å². The Bertz CT molecular complexity index is 715. The fourth-order valence-electron chi connectivity index (χ4n) is 2.25. The van der Waals surface area contributed by atoms with E-state index in [1.54, 1.807) is 0 Å². The van der Waals surface area contributed by atoms with E-state index in [1.807, 2.05) is 0 Å².